The van der Waals surface area contributed by atoms with E-state index in [0.29, 0.717) is 10.5 Å². The van der Waals surface area contributed by atoms with E-state index in [4.69, 9.17) is 11.6 Å². The number of hydrogen-bond donors (Lipinski definition) is 1. The normalized spacial score (nSPS) is 13.2. The first-order valence-electron chi connectivity index (χ1n) is 7.83. The molecule has 1 atom stereocenters. The number of halogens is 4. The zero-order chi connectivity index (χ0) is 19.1. The van der Waals surface area contributed by atoms with Gasteiger partial charge in [-0.2, -0.15) is 13.2 Å². The van der Waals surface area contributed by atoms with Crippen LogP contribution in [-0.2, 0) is 6.18 Å². The van der Waals surface area contributed by atoms with E-state index in [0.717, 1.165) is 34.4 Å². The maximum Gasteiger partial charge on any atom is 0.417 e. The van der Waals surface area contributed by atoms with Crippen LogP contribution in [0, 0.1) is 6.92 Å². The molecule has 0 saturated carbocycles. The second-order valence-electron chi connectivity index (χ2n) is 5.93. The molecule has 0 fully saturated rings. The Morgan fingerprint density at radius 3 is 2.58 bits per heavy atom. The van der Waals surface area contributed by atoms with Crippen LogP contribution in [0.3, 0.4) is 0 Å². The Labute approximate surface area is 157 Å². The number of benzene rings is 2. The van der Waals surface area contributed by atoms with Crippen molar-refractivity contribution < 1.29 is 18.0 Å². The highest BCUT2D eigenvalue weighted by Gasteiger charge is 2.33. The Bertz CT molecular complexity index is 981. The number of ketones is 1. The molecule has 0 aliphatic rings. The van der Waals surface area contributed by atoms with Crippen LogP contribution < -0.4 is 0 Å². The Kier molecular flexibility index (Phi) is 5.08. The van der Waals surface area contributed by atoms with E-state index in [-0.39, 0.29) is 10.8 Å². The minimum absolute atomic E-state index is 0.131. The fourth-order valence-corrected chi connectivity index (χ4v) is 4.04. The summed E-state index contributed by atoms with van der Waals surface area (Å²) in [5, 5.41) is -0.0852. The third-order valence-corrected chi connectivity index (χ3v) is 5.49. The van der Waals surface area contributed by atoms with E-state index in [1.165, 1.54) is 12.1 Å². The number of rotatable bonds is 4. The molecule has 3 aromatic rings. The molecule has 0 spiro atoms. The predicted molar refractivity (Wildman–Crippen MR) is 99.1 cm³/mol. The van der Waals surface area contributed by atoms with Gasteiger partial charge >= 0.3 is 6.18 Å². The number of Topliss-reactive ketones (excluding diaryl/α,β-unsaturated/α-hetero) is 1. The molecule has 2 aromatic carbocycles. The van der Waals surface area contributed by atoms with Gasteiger partial charge in [0, 0.05) is 27.1 Å². The van der Waals surface area contributed by atoms with Crippen molar-refractivity contribution in [1.82, 2.24) is 4.98 Å². The molecular formula is C19H15ClF3NOS. The van der Waals surface area contributed by atoms with E-state index in [9.17, 15) is 18.0 Å². The highest BCUT2D eigenvalue weighted by Crippen LogP contribution is 2.38. The van der Waals surface area contributed by atoms with Crippen molar-refractivity contribution in [3.8, 4) is 0 Å². The SMILES string of the molecule is Cc1[nH]c2ccccc2c1C(=O)[C@@H](C)Sc1ccc(Cl)c(C(F)(F)F)c1. The van der Waals surface area contributed by atoms with Gasteiger partial charge in [-0.1, -0.05) is 29.8 Å². The fourth-order valence-electron chi connectivity index (χ4n) is 2.85. The monoisotopic (exact) mass is 397 g/mol. The molecule has 0 radical (unpaired) electrons. The first kappa shape index (κ1) is 18.9. The van der Waals surface area contributed by atoms with Gasteiger partial charge in [-0.05, 0) is 38.1 Å². The third-order valence-electron chi connectivity index (χ3n) is 4.07. The van der Waals surface area contributed by atoms with Crippen LogP contribution >= 0.6 is 23.4 Å². The van der Waals surface area contributed by atoms with Gasteiger partial charge in [-0.3, -0.25) is 4.79 Å². The summed E-state index contributed by atoms with van der Waals surface area (Å²) in [5.74, 6) is -0.131. The van der Waals surface area contributed by atoms with Gasteiger partial charge in [0.15, 0.2) is 5.78 Å². The van der Waals surface area contributed by atoms with Gasteiger partial charge in [0.05, 0.1) is 15.8 Å². The molecule has 7 heteroatoms. The van der Waals surface area contributed by atoms with Gasteiger partial charge in [0.25, 0.3) is 0 Å². The number of aryl methyl sites for hydroxylation is 1. The summed E-state index contributed by atoms with van der Waals surface area (Å²) in [5.41, 5.74) is 1.28. The first-order chi connectivity index (χ1) is 12.2. The Morgan fingerprint density at radius 1 is 1.19 bits per heavy atom. The minimum Gasteiger partial charge on any atom is -0.358 e. The number of alkyl halides is 3. The van der Waals surface area contributed by atoms with Crippen molar-refractivity contribution >= 4 is 40.0 Å². The van der Waals surface area contributed by atoms with Crippen molar-refractivity contribution in [2.24, 2.45) is 0 Å². The largest absolute Gasteiger partial charge is 0.417 e. The molecule has 0 bridgehead atoms. The van der Waals surface area contributed by atoms with Crippen LogP contribution in [0.15, 0.2) is 47.4 Å². The van der Waals surface area contributed by atoms with Crippen molar-refractivity contribution in [2.75, 3.05) is 0 Å². The second kappa shape index (κ2) is 7.00. The Balaban J connectivity index is 1.89. The number of nitrogens with one attached hydrogen (secondary N) is 1. The number of H-pyrrole nitrogens is 1. The van der Waals surface area contributed by atoms with Gasteiger partial charge in [0.2, 0.25) is 0 Å². The smallest absolute Gasteiger partial charge is 0.358 e. The van der Waals surface area contributed by atoms with E-state index in [1.807, 2.05) is 31.2 Å². The summed E-state index contributed by atoms with van der Waals surface area (Å²) in [6.07, 6.45) is -4.53. The number of para-hydroxylation sites is 1. The lowest BCUT2D eigenvalue weighted by molar-refractivity contribution is -0.137. The molecule has 26 heavy (non-hydrogen) atoms. The molecule has 0 amide bonds. The molecule has 136 valence electrons. The second-order valence-corrected chi connectivity index (χ2v) is 7.76. The van der Waals surface area contributed by atoms with Crippen LogP contribution in [0.5, 0.6) is 0 Å². The van der Waals surface area contributed by atoms with E-state index in [1.54, 1.807) is 6.92 Å². The summed E-state index contributed by atoms with van der Waals surface area (Å²) >= 11 is 6.73. The lowest BCUT2D eigenvalue weighted by Gasteiger charge is -2.14. The summed E-state index contributed by atoms with van der Waals surface area (Å²) in [7, 11) is 0. The third kappa shape index (κ3) is 3.62. The zero-order valence-electron chi connectivity index (χ0n) is 13.9. The van der Waals surface area contributed by atoms with Crippen LogP contribution in [0.4, 0.5) is 13.2 Å². The van der Waals surface area contributed by atoms with Crippen molar-refractivity contribution in [1.29, 1.82) is 0 Å². The number of aromatic nitrogens is 1. The van der Waals surface area contributed by atoms with Crippen molar-refractivity contribution in [3.05, 3.63) is 64.3 Å². The maximum absolute atomic E-state index is 13.0. The van der Waals surface area contributed by atoms with Crippen molar-refractivity contribution in [3.63, 3.8) is 0 Å². The first-order valence-corrected chi connectivity index (χ1v) is 9.09. The Morgan fingerprint density at radius 2 is 1.88 bits per heavy atom. The standard InChI is InChI=1S/C19H15ClF3NOS/c1-10-17(13-5-3-4-6-16(13)24-10)18(25)11(2)26-12-7-8-15(20)14(9-12)19(21,22)23/h3-9,11,24H,1-2H3/t11-/m1/s1. The maximum atomic E-state index is 13.0. The molecule has 3 rings (SSSR count). The van der Waals surface area contributed by atoms with Crippen LogP contribution in [-0.4, -0.2) is 16.0 Å². The minimum atomic E-state index is -4.53. The Hall–Kier alpha value is -1.92. The predicted octanol–water partition coefficient (Wildman–Crippen LogP) is 6.51. The number of fused-ring (bicyclic) bond motifs is 1. The topological polar surface area (TPSA) is 32.9 Å². The molecule has 0 aliphatic carbocycles. The van der Waals surface area contributed by atoms with Gasteiger partial charge in [-0.15, -0.1) is 11.8 Å². The number of carbonyl (C=O) groups excluding carboxylic acids is 1. The average molecular weight is 398 g/mol. The van der Waals surface area contributed by atoms with E-state index < -0.39 is 17.0 Å². The van der Waals surface area contributed by atoms with Gasteiger partial charge < -0.3 is 4.98 Å². The zero-order valence-corrected chi connectivity index (χ0v) is 15.5. The molecule has 2 nitrogen and oxygen atoms in total. The van der Waals surface area contributed by atoms with Crippen LogP contribution in [0.25, 0.3) is 10.9 Å². The molecular weight excluding hydrogens is 383 g/mol. The summed E-state index contributed by atoms with van der Waals surface area (Å²) in [6, 6.07) is 11.1. The van der Waals surface area contributed by atoms with Crippen LogP contribution in [0.2, 0.25) is 5.02 Å². The summed E-state index contributed by atoms with van der Waals surface area (Å²) in [4.78, 5) is 16.4. The number of aromatic amines is 1. The molecule has 1 N–H and O–H groups in total. The molecule has 1 aromatic heterocycles. The van der Waals surface area contributed by atoms with E-state index in [2.05, 4.69) is 4.98 Å². The highest BCUT2D eigenvalue weighted by molar-refractivity contribution is 8.00. The number of carbonyl (C=O) groups is 1. The highest BCUT2D eigenvalue weighted by atomic mass is 35.5. The van der Waals surface area contributed by atoms with E-state index >= 15 is 0 Å². The number of thioether (sulfide) groups is 1. The lowest BCUT2D eigenvalue weighted by atomic mass is 10.1. The summed E-state index contributed by atoms with van der Waals surface area (Å²) < 4.78 is 39.0. The molecule has 0 unspecified atom stereocenters. The number of hydrogen-bond acceptors (Lipinski definition) is 2. The quantitative estimate of drug-likeness (QED) is 0.402. The van der Waals surface area contributed by atoms with Crippen molar-refractivity contribution in [2.45, 2.75) is 30.2 Å². The van der Waals surface area contributed by atoms with Crippen LogP contribution in [0.1, 0.15) is 28.5 Å². The fraction of sp³-hybridized carbons (Fsp3) is 0.211. The van der Waals surface area contributed by atoms with Gasteiger partial charge in [-0.25, -0.2) is 0 Å². The molecule has 1 heterocycles. The lowest BCUT2D eigenvalue weighted by Crippen LogP contribution is -2.14. The molecule has 0 saturated heterocycles. The average Bonchev–Trinajstić information content (AvgIpc) is 2.90. The molecule has 0 aliphatic heterocycles. The van der Waals surface area contributed by atoms with Gasteiger partial charge in [0.1, 0.15) is 0 Å². The summed E-state index contributed by atoms with van der Waals surface area (Å²) in [6.45, 7) is 3.50.